The number of benzene rings is 1. The number of hydrogen-bond donors (Lipinski definition) is 1. The number of halogens is 3. The van der Waals surface area contributed by atoms with Crippen LogP contribution in [0.4, 0.5) is 10.2 Å². The second kappa shape index (κ2) is 7.25. The van der Waals surface area contributed by atoms with Gasteiger partial charge in [-0.1, -0.05) is 23.2 Å². The maximum Gasteiger partial charge on any atom is 0.234 e. The average molecular weight is 371 g/mol. The van der Waals surface area contributed by atoms with E-state index >= 15 is 0 Å². The molecule has 2 heterocycles. The molecule has 1 aromatic heterocycles. The zero-order valence-electron chi connectivity index (χ0n) is 12.6. The smallest absolute Gasteiger partial charge is 0.234 e. The fourth-order valence-corrected chi connectivity index (χ4v) is 2.85. The van der Waals surface area contributed by atoms with Crippen molar-refractivity contribution in [1.82, 2.24) is 4.98 Å². The van der Waals surface area contributed by atoms with Crippen LogP contribution in [0.25, 0.3) is 0 Å². The Labute approximate surface area is 147 Å². The lowest BCUT2D eigenvalue weighted by molar-refractivity contribution is -0.232. The molecule has 1 atom stereocenters. The molecule has 24 heavy (non-hydrogen) atoms. The van der Waals surface area contributed by atoms with Crippen molar-refractivity contribution < 1.29 is 18.9 Å². The molecule has 0 spiro atoms. The summed E-state index contributed by atoms with van der Waals surface area (Å²) in [6.45, 7) is 2.06. The van der Waals surface area contributed by atoms with Crippen LogP contribution in [0.5, 0.6) is 5.75 Å². The van der Waals surface area contributed by atoms with Crippen LogP contribution in [0.2, 0.25) is 10.0 Å². The zero-order chi connectivity index (χ0) is 17.1. The van der Waals surface area contributed by atoms with Gasteiger partial charge in [-0.05, 0) is 31.2 Å². The van der Waals surface area contributed by atoms with Gasteiger partial charge in [-0.15, -0.1) is 0 Å². The van der Waals surface area contributed by atoms with Crippen molar-refractivity contribution in [3.05, 3.63) is 63.8 Å². The minimum absolute atomic E-state index is 0.0661. The summed E-state index contributed by atoms with van der Waals surface area (Å²) in [5.74, 6) is 0.702. The monoisotopic (exact) mass is 370 g/mol. The van der Waals surface area contributed by atoms with Crippen LogP contribution in [-0.4, -0.2) is 11.6 Å². The Kier molecular flexibility index (Phi) is 5.08. The van der Waals surface area contributed by atoms with E-state index in [0.717, 1.165) is 0 Å². The van der Waals surface area contributed by atoms with Crippen molar-refractivity contribution in [2.75, 3.05) is 11.9 Å². The standard InChI is InChI=1S/C16H13Cl2FN2O3/c1-9(14-10(17)4-5-11(19)15(14)18)23-12-3-2-7-20-16(12)21-13-6-8-22-24-13/h2-7,9H,8H2,1H3,(H,20,21). The van der Waals surface area contributed by atoms with Gasteiger partial charge in [0.25, 0.3) is 0 Å². The lowest BCUT2D eigenvalue weighted by atomic mass is 10.1. The van der Waals surface area contributed by atoms with Gasteiger partial charge in [0, 0.05) is 22.9 Å². The number of hydrogen-bond acceptors (Lipinski definition) is 5. The predicted octanol–water partition coefficient (Wildman–Crippen LogP) is 4.88. The first-order valence-corrected chi connectivity index (χ1v) is 7.83. The molecule has 1 aliphatic heterocycles. The Hall–Kier alpha value is -2.02. The molecule has 1 aromatic carbocycles. The van der Waals surface area contributed by atoms with Crippen molar-refractivity contribution in [3.8, 4) is 5.75 Å². The lowest BCUT2D eigenvalue weighted by Crippen LogP contribution is -2.09. The molecule has 1 aliphatic rings. The lowest BCUT2D eigenvalue weighted by Gasteiger charge is -2.19. The van der Waals surface area contributed by atoms with Gasteiger partial charge >= 0.3 is 0 Å². The first kappa shape index (κ1) is 16.8. The molecule has 0 saturated carbocycles. The number of anilines is 1. The van der Waals surface area contributed by atoms with Gasteiger partial charge in [0.1, 0.15) is 18.5 Å². The highest BCUT2D eigenvalue weighted by Crippen LogP contribution is 2.36. The highest BCUT2D eigenvalue weighted by Gasteiger charge is 2.20. The van der Waals surface area contributed by atoms with Crippen LogP contribution < -0.4 is 10.1 Å². The Bertz CT molecular complexity index is 786. The molecule has 0 bridgehead atoms. The Morgan fingerprint density at radius 1 is 1.33 bits per heavy atom. The van der Waals surface area contributed by atoms with E-state index in [-0.39, 0.29) is 5.02 Å². The van der Waals surface area contributed by atoms with E-state index in [2.05, 4.69) is 10.3 Å². The molecular weight excluding hydrogens is 358 g/mol. The van der Waals surface area contributed by atoms with E-state index in [1.165, 1.54) is 12.1 Å². The van der Waals surface area contributed by atoms with E-state index < -0.39 is 11.9 Å². The Morgan fingerprint density at radius 3 is 2.92 bits per heavy atom. The van der Waals surface area contributed by atoms with Gasteiger partial charge in [0.15, 0.2) is 11.6 Å². The van der Waals surface area contributed by atoms with Gasteiger partial charge in [-0.3, -0.25) is 0 Å². The van der Waals surface area contributed by atoms with Crippen LogP contribution in [0, 0.1) is 5.82 Å². The highest BCUT2D eigenvalue weighted by molar-refractivity contribution is 6.36. The minimum Gasteiger partial charge on any atom is -0.482 e. The van der Waals surface area contributed by atoms with Gasteiger partial charge in [-0.2, -0.15) is 4.89 Å². The van der Waals surface area contributed by atoms with Gasteiger partial charge in [0.05, 0.1) is 5.02 Å². The summed E-state index contributed by atoms with van der Waals surface area (Å²) in [4.78, 5) is 13.9. The fourth-order valence-electron chi connectivity index (χ4n) is 2.17. The third-order valence-electron chi connectivity index (χ3n) is 3.29. The second-order valence-electron chi connectivity index (χ2n) is 4.93. The van der Waals surface area contributed by atoms with Crippen molar-refractivity contribution in [3.63, 3.8) is 0 Å². The first-order chi connectivity index (χ1) is 11.6. The molecule has 1 unspecified atom stereocenters. The number of pyridine rings is 1. The number of nitrogens with zero attached hydrogens (tertiary/aromatic N) is 1. The van der Waals surface area contributed by atoms with Crippen molar-refractivity contribution in [1.29, 1.82) is 0 Å². The number of aromatic nitrogens is 1. The number of nitrogens with one attached hydrogen (secondary N) is 1. The van der Waals surface area contributed by atoms with Crippen LogP contribution in [-0.2, 0) is 9.78 Å². The summed E-state index contributed by atoms with van der Waals surface area (Å²) in [5.41, 5.74) is 0.368. The van der Waals surface area contributed by atoms with Gasteiger partial charge in [-0.25, -0.2) is 9.37 Å². The Balaban J connectivity index is 1.85. The van der Waals surface area contributed by atoms with Gasteiger partial charge < -0.3 is 14.9 Å². The van der Waals surface area contributed by atoms with Crippen molar-refractivity contribution in [2.45, 2.75) is 13.0 Å². The molecule has 0 amide bonds. The quantitative estimate of drug-likeness (QED) is 0.600. The summed E-state index contributed by atoms with van der Waals surface area (Å²) in [6, 6.07) is 6.07. The van der Waals surface area contributed by atoms with Gasteiger partial charge in [0.2, 0.25) is 5.88 Å². The van der Waals surface area contributed by atoms with E-state index in [1.54, 1.807) is 31.3 Å². The minimum atomic E-state index is -0.597. The summed E-state index contributed by atoms with van der Waals surface area (Å²) in [5, 5.41) is 3.20. The molecule has 0 saturated heterocycles. The van der Waals surface area contributed by atoms with Crippen LogP contribution in [0.1, 0.15) is 18.6 Å². The molecule has 0 aliphatic carbocycles. The van der Waals surface area contributed by atoms with E-state index in [0.29, 0.717) is 34.6 Å². The van der Waals surface area contributed by atoms with Crippen molar-refractivity contribution in [2.24, 2.45) is 0 Å². The maximum absolute atomic E-state index is 13.7. The maximum atomic E-state index is 13.7. The topological polar surface area (TPSA) is 52.6 Å². The molecule has 8 heteroatoms. The SMILES string of the molecule is CC(Oc1cccnc1NC1=CCOO1)c1c(Cl)ccc(F)c1Cl. The first-order valence-electron chi connectivity index (χ1n) is 7.08. The molecule has 1 N–H and O–H groups in total. The Morgan fingerprint density at radius 2 is 2.17 bits per heavy atom. The van der Waals surface area contributed by atoms with E-state index in [1.807, 2.05) is 0 Å². The molecule has 3 rings (SSSR count). The number of ether oxygens (including phenoxy) is 1. The second-order valence-corrected chi connectivity index (χ2v) is 5.71. The molecule has 126 valence electrons. The summed E-state index contributed by atoms with van der Waals surface area (Å²) < 4.78 is 19.6. The average Bonchev–Trinajstić information content (AvgIpc) is 3.06. The third-order valence-corrected chi connectivity index (χ3v) is 4.00. The van der Waals surface area contributed by atoms with E-state index in [4.69, 9.17) is 37.7 Å². The molecule has 0 radical (unpaired) electrons. The molecule has 5 nitrogen and oxygen atoms in total. The molecular formula is C16H13Cl2FN2O3. The highest BCUT2D eigenvalue weighted by atomic mass is 35.5. The van der Waals surface area contributed by atoms with Crippen LogP contribution >= 0.6 is 23.2 Å². The van der Waals surface area contributed by atoms with Crippen molar-refractivity contribution >= 4 is 29.0 Å². The number of rotatable bonds is 5. The fraction of sp³-hybridized carbons (Fsp3) is 0.188. The normalized spacial score (nSPS) is 14.8. The summed E-state index contributed by atoms with van der Waals surface area (Å²) >= 11 is 12.2. The van der Waals surface area contributed by atoms with Crippen LogP contribution in [0.3, 0.4) is 0 Å². The van der Waals surface area contributed by atoms with E-state index in [9.17, 15) is 4.39 Å². The molecule has 0 fully saturated rings. The summed E-state index contributed by atoms with van der Waals surface area (Å²) in [7, 11) is 0. The largest absolute Gasteiger partial charge is 0.482 e. The molecule has 2 aromatic rings. The van der Waals surface area contributed by atoms with Crippen LogP contribution in [0.15, 0.2) is 42.4 Å². The predicted molar refractivity (Wildman–Crippen MR) is 88.4 cm³/mol. The summed E-state index contributed by atoms with van der Waals surface area (Å²) in [6.07, 6.45) is 2.71. The third kappa shape index (κ3) is 3.56. The zero-order valence-corrected chi connectivity index (χ0v) is 14.1.